The van der Waals surface area contributed by atoms with Gasteiger partial charge in [-0.2, -0.15) is 4.98 Å². The first-order chi connectivity index (χ1) is 13.2. The third kappa shape index (κ3) is 5.21. The molecule has 0 aliphatic carbocycles. The summed E-state index contributed by atoms with van der Waals surface area (Å²) in [5.74, 6) is 1.40. The van der Waals surface area contributed by atoms with E-state index in [9.17, 15) is 5.11 Å². The second kappa shape index (κ2) is 9.05. The van der Waals surface area contributed by atoms with Crippen LogP contribution in [0.4, 0.5) is 11.8 Å². The SMILES string of the molecule is CC(C)[C@H](CO)Nc1nc(NCc2ccccn2)cc(-c2ccncc2)n1. The predicted octanol–water partition coefficient (Wildman–Crippen LogP) is 2.97. The largest absolute Gasteiger partial charge is 0.394 e. The molecule has 0 saturated heterocycles. The van der Waals surface area contributed by atoms with Crippen LogP contribution in [0, 0.1) is 5.92 Å². The quantitative estimate of drug-likeness (QED) is 0.565. The number of nitrogens with zero attached hydrogens (tertiary/aromatic N) is 4. The zero-order valence-electron chi connectivity index (χ0n) is 15.5. The molecule has 0 aliphatic heterocycles. The molecule has 27 heavy (non-hydrogen) atoms. The van der Waals surface area contributed by atoms with Crippen LogP contribution < -0.4 is 10.6 Å². The third-order valence-electron chi connectivity index (χ3n) is 4.19. The molecule has 0 unspecified atom stereocenters. The van der Waals surface area contributed by atoms with E-state index in [1.165, 1.54) is 0 Å². The summed E-state index contributed by atoms with van der Waals surface area (Å²) in [6, 6.07) is 11.4. The Morgan fingerprint density at radius 2 is 1.85 bits per heavy atom. The number of hydrogen-bond acceptors (Lipinski definition) is 7. The van der Waals surface area contributed by atoms with Crippen LogP contribution in [0.1, 0.15) is 19.5 Å². The van der Waals surface area contributed by atoms with Crippen molar-refractivity contribution in [1.29, 1.82) is 0 Å². The summed E-state index contributed by atoms with van der Waals surface area (Å²) in [4.78, 5) is 17.5. The highest BCUT2D eigenvalue weighted by atomic mass is 16.3. The first-order valence-electron chi connectivity index (χ1n) is 8.96. The number of aliphatic hydroxyl groups excluding tert-OH is 1. The second-order valence-electron chi connectivity index (χ2n) is 6.55. The van der Waals surface area contributed by atoms with Crippen LogP contribution in [-0.2, 0) is 6.54 Å². The molecule has 7 heteroatoms. The van der Waals surface area contributed by atoms with Crippen molar-refractivity contribution in [3.05, 3.63) is 60.7 Å². The first kappa shape index (κ1) is 18.7. The number of pyridine rings is 2. The molecular weight excluding hydrogens is 340 g/mol. The van der Waals surface area contributed by atoms with Gasteiger partial charge in [0.05, 0.1) is 30.6 Å². The van der Waals surface area contributed by atoms with E-state index in [-0.39, 0.29) is 18.6 Å². The Bertz CT molecular complexity index is 842. The maximum Gasteiger partial charge on any atom is 0.225 e. The molecule has 0 aromatic carbocycles. The molecule has 0 spiro atoms. The molecule has 3 aromatic rings. The third-order valence-corrected chi connectivity index (χ3v) is 4.19. The van der Waals surface area contributed by atoms with E-state index in [2.05, 4.69) is 30.6 Å². The van der Waals surface area contributed by atoms with Crippen molar-refractivity contribution >= 4 is 11.8 Å². The zero-order chi connectivity index (χ0) is 19.1. The van der Waals surface area contributed by atoms with Crippen molar-refractivity contribution < 1.29 is 5.11 Å². The van der Waals surface area contributed by atoms with E-state index in [1.54, 1.807) is 18.6 Å². The molecule has 0 bridgehead atoms. The maximum absolute atomic E-state index is 9.62. The highest BCUT2D eigenvalue weighted by Gasteiger charge is 2.15. The summed E-state index contributed by atoms with van der Waals surface area (Å²) in [5, 5.41) is 16.1. The van der Waals surface area contributed by atoms with Gasteiger partial charge in [0.25, 0.3) is 0 Å². The molecule has 140 valence electrons. The van der Waals surface area contributed by atoms with Gasteiger partial charge < -0.3 is 15.7 Å². The molecular formula is C20H24N6O. The summed E-state index contributed by atoms with van der Waals surface area (Å²) in [5.41, 5.74) is 2.65. The van der Waals surface area contributed by atoms with Crippen molar-refractivity contribution in [2.45, 2.75) is 26.4 Å². The van der Waals surface area contributed by atoms with Crippen LogP contribution in [-0.4, -0.2) is 37.7 Å². The Morgan fingerprint density at radius 3 is 2.52 bits per heavy atom. The average molecular weight is 364 g/mol. The van der Waals surface area contributed by atoms with Crippen LogP contribution in [0.15, 0.2) is 55.0 Å². The Hall–Kier alpha value is -3.06. The minimum atomic E-state index is -0.124. The lowest BCUT2D eigenvalue weighted by molar-refractivity contribution is 0.248. The van der Waals surface area contributed by atoms with E-state index < -0.39 is 0 Å². The lowest BCUT2D eigenvalue weighted by Gasteiger charge is -2.20. The first-order valence-corrected chi connectivity index (χ1v) is 8.96. The van der Waals surface area contributed by atoms with Gasteiger partial charge in [0.2, 0.25) is 5.95 Å². The van der Waals surface area contributed by atoms with Crippen molar-refractivity contribution in [3.63, 3.8) is 0 Å². The van der Waals surface area contributed by atoms with Gasteiger partial charge in [-0.1, -0.05) is 19.9 Å². The lowest BCUT2D eigenvalue weighted by Crippen LogP contribution is -2.30. The van der Waals surface area contributed by atoms with Gasteiger partial charge in [0, 0.05) is 30.2 Å². The minimum absolute atomic E-state index is 0.0111. The van der Waals surface area contributed by atoms with Crippen LogP contribution in [0.3, 0.4) is 0 Å². The fraction of sp³-hybridized carbons (Fsp3) is 0.300. The van der Waals surface area contributed by atoms with Gasteiger partial charge in [-0.25, -0.2) is 4.98 Å². The molecule has 0 fully saturated rings. The number of aromatic nitrogens is 4. The Kier molecular flexibility index (Phi) is 6.27. The Balaban J connectivity index is 1.88. The van der Waals surface area contributed by atoms with Crippen LogP contribution in [0.5, 0.6) is 0 Å². The number of nitrogens with one attached hydrogen (secondary N) is 2. The monoisotopic (exact) mass is 364 g/mol. The van der Waals surface area contributed by atoms with Gasteiger partial charge in [-0.05, 0) is 30.2 Å². The van der Waals surface area contributed by atoms with Gasteiger partial charge in [0.1, 0.15) is 5.82 Å². The number of hydrogen-bond donors (Lipinski definition) is 3. The normalized spacial score (nSPS) is 12.0. The molecule has 0 aliphatic rings. The summed E-state index contributed by atoms with van der Waals surface area (Å²) in [7, 11) is 0. The maximum atomic E-state index is 9.62. The molecule has 3 N–H and O–H groups in total. The molecule has 3 heterocycles. The van der Waals surface area contributed by atoms with Gasteiger partial charge in [0.15, 0.2) is 0 Å². The van der Waals surface area contributed by atoms with Gasteiger partial charge in [-0.15, -0.1) is 0 Å². The fourth-order valence-electron chi connectivity index (χ4n) is 2.55. The summed E-state index contributed by atoms with van der Waals surface area (Å²) in [6.07, 6.45) is 5.23. The van der Waals surface area contributed by atoms with Crippen molar-refractivity contribution in [2.75, 3.05) is 17.2 Å². The highest BCUT2D eigenvalue weighted by molar-refractivity contribution is 5.64. The number of anilines is 2. The Labute approximate surface area is 159 Å². The van der Waals surface area contributed by atoms with E-state index in [0.717, 1.165) is 17.0 Å². The van der Waals surface area contributed by atoms with E-state index >= 15 is 0 Å². The smallest absolute Gasteiger partial charge is 0.225 e. The van der Waals surface area contributed by atoms with Crippen molar-refractivity contribution in [1.82, 2.24) is 19.9 Å². The highest BCUT2D eigenvalue weighted by Crippen LogP contribution is 2.22. The van der Waals surface area contributed by atoms with Crippen LogP contribution in [0.25, 0.3) is 11.3 Å². The number of aliphatic hydroxyl groups is 1. The van der Waals surface area contributed by atoms with E-state index in [0.29, 0.717) is 18.3 Å². The predicted molar refractivity (Wildman–Crippen MR) is 106 cm³/mol. The summed E-state index contributed by atoms with van der Waals surface area (Å²) >= 11 is 0. The molecule has 3 aromatic heterocycles. The molecule has 0 radical (unpaired) electrons. The van der Waals surface area contributed by atoms with E-state index in [1.807, 2.05) is 50.2 Å². The molecule has 3 rings (SSSR count). The average Bonchev–Trinajstić information content (AvgIpc) is 2.71. The summed E-state index contributed by atoms with van der Waals surface area (Å²) in [6.45, 7) is 4.65. The van der Waals surface area contributed by atoms with Crippen LogP contribution in [0.2, 0.25) is 0 Å². The minimum Gasteiger partial charge on any atom is -0.394 e. The van der Waals surface area contributed by atoms with E-state index in [4.69, 9.17) is 0 Å². The standard InChI is InChI=1S/C20H24N6O/c1-14(2)18(13-27)25-20-24-17(15-6-9-21-10-7-15)11-19(26-20)23-12-16-5-3-4-8-22-16/h3-11,14,18,27H,12-13H2,1-2H3,(H2,23,24,25,26)/t18-/m0/s1. The second-order valence-corrected chi connectivity index (χ2v) is 6.55. The lowest BCUT2D eigenvalue weighted by atomic mass is 10.1. The van der Waals surface area contributed by atoms with Crippen LogP contribution >= 0.6 is 0 Å². The number of rotatable bonds is 8. The molecule has 0 amide bonds. The molecule has 1 atom stereocenters. The van der Waals surface area contributed by atoms with Gasteiger partial charge >= 0.3 is 0 Å². The fourth-order valence-corrected chi connectivity index (χ4v) is 2.55. The zero-order valence-corrected chi connectivity index (χ0v) is 15.5. The van der Waals surface area contributed by atoms with Crippen molar-refractivity contribution in [3.8, 4) is 11.3 Å². The molecule has 7 nitrogen and oxygen atoms in total. The summed E-state index contributed by atoms with van der Waals surface area (Å²) < 4.78 is 0. The van der Waals surface area contributed by atoms with Crippen molar-refractivity contribution in [2.24, 2.45) is 5.92 Å². The Morgan fingerprint density at radius 1 is 1.04 bits per heavy atom. The molecule has 0 saturated carbocycles. The van der Waals surface area contributed by atoms with Gasteiger partial charge in [-0.3, -0.25) is 9.97 Å². The topological polar surface area (TPSA) is 95.8 Å².